The summed E-state index contributed by atoms with van der Waals surface area (Å²) in [5.74, 6) is 1.95. The molecule has 0 aliphatic heterocycles. The highest BCUT2D eigenvalue weighted by molar-refractivity contribution is 7.27. The molecule has 4 nitrogen and oxygen atoms in total. The second-order valence-corrected chi connectivity index (χ2v) is 16.4. The fourth-order valence-corrected chi connectivity index (χ4v) is 11.1. The minimum Gasteiger partial charge on any atom is -0.306 e. The molecule has 0 aliphatic rings. The maximum absolute atomic E-state index is 5.20. The van der Waals surface area contributed by atoms with E-state index in [1.54, 1.807) is 0 Å². The first-order valence-electron chi connectivity index (χ1n) is 19.0. The molecule has 12 rings (SSSR count). The third kappa shape index (κ3) is 5.01. The van der Waals surface area contributed by atoms with Crippen molar-refractivity contribution in [1.29, 1.82) is 0 Å². The van der Waals surface area contributed by atoms with Gasteiger partial charge in [-0.05, 0) is 29.8 Å². The number of benzene rings is 8. The Labute approximate surface area is 335 Å². The number of hydrogen-bond acceptors (Lipinski definition) is 5. The average Bonchev–Trinajstić information content (AvgIpc) is 3.97. The first-order chi connectivity index (χ1) is 28.3. The molecule has 0 saturated heterocycles. The number of hydrogen-bond donors (Lipinski definition) is 0. The first-order valence-corrected chi connectivity index (χ1v) is 20.7. The smallest absolute Gasteiger partial charge is 0.164 e. The molecule has 0 atom stereocenters. The van der Waals surface area contributed by atoms with Crippen molar-refractivity contribution in [2.75, 3.05) is 0 Å². The number of thiophene rings is 2. The molecule has 12 aromatic rings. The second-order valence-electron chi connectivity index (χ2n) is 14.3. The standard InChI is InChI=1S/C51H30N4S2/c1-4-15-31(16-5-1)44-40(51-53-49(32-17-6-2-7-18-32)52-50(54-51)33-19-8-3-9-20-33)30-29-39-37-23-14-25-42(46(37)57-47(39)44)55-41-24-12-10-21-34(41)36-27-28-38-35-22-11-13-26-43(35)56-48(38)45(36)55/h1-30H. The summed E-state index contributed by atoms with van der Waals surface area (Å²) in [7, 11) is 0. The predicted octanol–water partition coefficient (Wildman–Crippen LogP) is 14.4. The molecule has 0 radical (unpaired) electrons. The zero-order chi connectivity index (χ0) is 37.5. The minimum absolute atomic E-state index is 0.649. The quantitative estimate of drug-likeness (QED) is 0.175. The molecule has 6 heteroatoms. The SMILES string of the molecule is c1ccc(-c2nc(-c3ccccc3)nc(-c3ccc4c(sc5c(-n6c7ccccc7c7ccc8c9ccccc9sc8c76)cccc54)c3-c3ccccc3)n2)cc1. The predicted molar refractivity (Wildman–Crippen MR) is 242 cm³/mol. The van der Waals surface area contributed by atoms with Gasteiger partial charge in [0.05, 0.1) is 26.1 Å². The molecular weight excluding hydrogens is 733 g/mol. The number of para-hydroxylation sites is 1. The summed E-state index contributed by atoms with van der Waals surface area (Å²) in [5.41, 5.74) is 8.77. The lowest BCUT2D eigenvalue weighted by Gasteiger charge is -2.13. The fraction of sp³-hybridized carbons (Fsp3) is 0. The van der Waals surface area contributed by atoms with Crippen molar-refractivity contribution in [3.63, 3.8) is 0 Å². The van der Waals surface area contributed by atoms with Crippen molar-refractivity contribution in [2.45, 2.75) is 0 Å². The van der Waals surface area contributed by atoms with Crippen molar-refractivity contribution in [1.82, 2.24) is 19.5 Å². The molecule has 57 heavy (non-hydrogen) atoms. The van der Waals surface area contributed by atoms with Crippen LogP contribution in [-0.4, -0.2) is 19.5 Å². The van der Waals surface area contributed by atoms with E-state index in [2.05, 4.69) is 150 Å². The Bertz CT molecular complexity index is 3450. The molecule has 4 aromatic heterocycles. The summed E-state index contributed by atoms with van der Waals surface area (Å²) in [6.07, 6.45) is 0. The largest absolute Gasteiger partial charge is 0.306 e. The third-order valence-electron chi connectivity index (χ3n) is 11.1. The van der Waals surface area contributed by atoms with Crippen LogP contribution in [0.15, 0.2) is 182 Å². The van der Waals surface area contributed by atoms with Gasteiger partial charge in [0, 0.05) is 64.0 Å². The van der Waals surface area contributed by atoms with Crippen LogP contribution in [0.4, 0.5) is 0 Å². The molecule has 0 aliphatic carbocycles. The van der Waals surface area contributed by atoms with Crippen LogP contribution in [-0.2, 0) is 0 Å². The molecule has 8 aromatic carbocycles. The average molecular weight is 763 g/mol. The van der Waals surface area contributed by atoms with E-state index < -0.39 is 0 Å². The Morgan fingerprint density at radius 2 is 0.895 bits per heavy atom. The van der Waals surface area contributed by atoms with Crippen molar-refractivity contribution in [3.05, 3.63) is 182 Å². The summed E-state index contributed by atoms with van der Waals surface area (Å²) in [6.45, 7) is 0. The van der Waals surface area contributed by atoms with E-state index in [9.17, 15) is 0 Å². The molecular formula is C51H30N4S2. The maximum atomic E-state index is 5.20. The lowest BCUT2D eigenvalue weighted by atomic mass is 9.96. The summed E-state index contributed by atoms with van der Waals surface area (Å²) in [5, 5.41) is 7.59. The number of nitrogens with zero attached hydrogens (tertiary/aromatic N) is 4. The van der Waals surface area contributed by atoms with E-state index in [0.29, 0.717) is 17.5 Å². The summed E-state index contributed by atoms with van der Waals surface area (Å²) < 4.78 is 7.59. The lowest BCUT2D eigenvalue weighted by molar-refractivity contribution is 1.07. The molecule has 0 unspecified atom stereocenters. The molecule has 4 heterocycles. The monoisotopic (exact) mass is 762 g/mol. The molecule has 0 bridgehead atoms. The van der Waals surface area contributed by atoms with Crippen LogP contribution in [0.1, 0.15) is 0 Å². The Hall–Kier alpha value is -6.99. The van der Waals surface area contributed by atoms with E-state index >= 15 is 0 Å². The van der Waals surface area contributed by atoms with Gasteiger partial charge >= 0.3 is 0 Å². The van der Waals surface area contributed by atoms with Crippen LogP contribution in [0.5, 0.6) is 0 Å². The third-order valence-corrected chi connectivity index (χ3v) is 13.5. The van der Waals surface area contributed by atoms with Crippen molar-refractivity contribution >= 4 is 84.8 Å². The van der Waals surface area contributed by atoms with Gasteiger partial charge in [-0.15, -0.1) is 22.7 Å². The Morgan fingerprint density at radius 1 is 0.351 bits per heavy atom. The van der Waals surface area contributed by atoms with Crippen molar-refractivity contribution in [2.24, 2.45) is 0 Å². The van der Waals surface area contributed by atoms with Gasteiger partial charge in [0.1, 0.15) is 0 Å². The van der Waals surface area contributed by atoms with E-state index in [-0.39, 0.29) is 0 Å². The van der Waals surface area contributed by atoms with Crippen molar-refractivity contribution < 1.29 is 0 Å². The van der Waals surface area contributed by atoms with Gasteiger partial charge in [-0.1, -0.05) is 158 Å². The van der Waals surface area contributed by atoms with Gasteiger partial charge in [-0.3, -0.25) is 0 Å². The number of aromatic nitrogens is 4. The Kier molecular flexibility index (Phi) is 7.24. The number of fused-ring (bicyclic) bond motifs is 10. The Morgan fingerprint density at radius 3 is 1.63 bits per heavy atom. The second kappa shape index (κ2) is 12.8. The van der Waals surface area contributed by atoms with Crippen LogP contribution >= 0.6 is 22.7 Å². The highest BCUT2D eigenvalue weighted by Crippen LogP contribution is 2.48. The van der Waals surface area contributed by atoms with Gasteiger partial charge < -0.3 is 4.57 Å². The topological polar surface area (TPSA) is 43.6 Å². The van der Waals surface area contributed by atoms with E-state index in [1.165, 1.54) is 67.8 Å². The molecule has 0 saturated carbocycles. The van der Waals surface area contributed by atoms with E-state index in [1.807, 2.05) is 59.1 Å². The van der Waals surface area contributed by atoms with Gasteiger partial charge in [0.2, 0.25) is 0 Å². The Balaban J connectivity index is 1.17. The van der Waals surface area contributed by atoms with E-state index in [0.717, 1.165) is 27.8 Å². The molecule has 0 amide bonds. The molecule has 0 spiro atoms. The van der Waals surface area contributed by atoms with Crippen molar-refractivity contribution in [3.8, 4) is 51.0 Å². The van der Waals surface area contributed by atoms with Crippen LogP contribution in [0, 0.1) is 0 Å². The lowest BCUT2D eigenvalue weighted by Crippen LogP contribution is -2.01. The maximum Gasteiger partial charge on any atom is 0.164 e. The van der Waals surface area contributed by atoms with Gasteiger partial charge in [-0.25, -0.2) is 15.0 Å². The van der Waals surface area contributed by atoms with Crippen LogP contribution in [0.2, 0.25) is 0 Å². The van der Waals surface area contributed by atoms with Gasteiger partial charge in [0.15, 0.2) is 17.5 Å². The summed E-state index contributed by atoms with van der Waals surface area (Å²) in [4.78, 5) is 15.4. The number of rotatable bonds is 5. The first kappa shape index (κ1) is 32.3. The van der Waals surface area contributed by atoms with E-state index in [4.69, 9.17) is 15.0 Å². The highest BCUT2D eigenvalue weighted by atomic mass is 32.1. The summed E-state index contributed by atoms with van der Waals surface area (Å²) >= 11 is 3.74. The van der Waals surface area contributed by atoms with Crippen LogP contribution in [0.3, 0.4) is 0 Å². The highest BCUT2D eigenvalue weighted by Gasteiger charge is 2.23. The van der Waals surface area contributed by atoms with Gasteiger partial charge in [-0.2, -0.15) is 0 Å². The normalized spacial score (nSPS) is 11.9. The zero-order valence-corrected chi connectivity index (χ0v) is 32.1. The molecule has 0 N–H and O–H groups in total. The fourth-order valence-electron chi connectivity index (χ4n) is 8.51. The van der Waals surface area contributed by atoms with Crippen LogP contribution in [0.25, 0.3) is 113 Å². The zero-order valence-electron chi connectivity index (χ0n) is 30.4. The summed E-state index contributed by atoms with van der Waals surface area (Å²) in [6, 6.07) is 64.6. The van der Waals surface area contributed by atoms with Crippen LogP contribution < -0.4 is 0 Å². The van der Waals surface area contributed by atoms with Gasteiger partial charge in [0.25, 0.3) is 0 Å². The molecule has 266 valence electrons. The molecule has 0 fully saturated rings. The minimum atomic E-state index is 0.649.